The molecule has 3 amide bonds. The Labute approximate surface area is 129 Å². The standard InChI is InChI=1S/C16H20N4O2/c1-3-16(4-2)13-17-10-19(12-8-6-5-7-9-12)11-20(13)15(22)18-14(16)21/h5-9H,3-4,10-11H2,1-2H3,(H,18,21,22). The molecule has 1 aromatic rings. The van der Waals surface area contributed by atoms with Gasteiger partial charge in [-0.2, -0.15) is 0 Å². The van der Waals surface area contributed by atoms with Crippen molar-refractivity contribution in [3.05, 3.63) is 30.3 Å². The van der Waals surface area contributed by atoms with Gasteiger partial charge in [-0.15, -0.1) is 0 Å². The van der Waals surface area contributed by atoms with Crippen molar-refractivity contribution < 1.29 is 9.59 Å². The topological polar surface area (TPSA) is 65.0 Å². The Kier molecular flexibility index (Phi) is 3.60. The summed E-state index contributed by atoms with van der Waals surface area (Å²) in [5.74, 6) is 0.379. The molecule has 116 valence electrons. The number of urea groups is 1. The van der Waals surface area contributed by atoms with Crippen molar-refractivity contribution in [2.24, 2.45) is 10.4 Å². The Morgan fingerprint density at radius 2 is 1.86 bits per heavy atom. The van der Waals surface area contributed by atoms with Gasteiger partial charge in [0.2, 0.25) is 5.91 Å². The summed E-state index contributed by atoms with van der Waals surface area (Å²) in [6.45, 7) is 4.79. The summed E-state index contributed by atoms with van der Waals surface area (Å²) in [7, 11) is 0. The number of fused-ring (bicyclic) bond motifs is 1. The number of hydrogen-bond donors (Lipinski definition) is 1. The second-order valence-electron chi connectivity index (χ2n) is 5.62. The van der Waals surface area contributed by atoms with E-state index in [0.717, 1.165) is 5.69 Å². The Bertz CT molecular complexity index is 622. The highest BCUT2D eigenvalue weighted by atomic mass is 16.2. The van der Waals surface area contributed by atoms with Crippen LogP contribution in [0.15, 0.2) is 35.3 Å². The molecule has 2 aliphatic rings. The summed E-state index contributed by atoms with van der Waals surface area (Å²) in [5.41, 5.74) is 0.310. The molecule has 22 heavy (non-hydrogen) atoms. The molecule has 1 aromatic carbocycles. The Morgan fingerprint density at radius 1 is 1.18 bits per heavy atom. The van der Waals surface area contributed by atoms with Gasteiger partial charge in [-0.1, -0.05) is 32.0 Å². The molecule has 0 bridgehead atoms. The number of anilines is 1. The molecule has 0 atom stereocenters. The number of carbonyl (C=O) groups is 2. The van der Waals surface area contributed by atoms with Crippen LogP contribution in [0.5, 0.6) is 0 Å². The number of amidine groups is 1. The highest BCUT2D eigenvalue weighted by molar-refractivity contribution is 6.21. The van der Waals surface area contributed by atoms with E-state index in [-0.39, 0.29) is 11.9 Å². The van der Waals surface area contributed by atoms with E-state index in [1.54, 1.807) is 4.90 Å². The van der Waals surface area contributed by atoms with Crippen LogP contribution < -0.4 is 10.2 Å². The third-order valence-corrected chi connectivity index (χ3v) is 4.62. The lowest BCUT2D eigenvalue weighted by Crippen LogP contribution is -2.67. The van der Waals surface area contributed by atoms with Crippen molar-refractivity contribution in [1.82, 2.24) is 10.2 Å². The maximum absolute atomic E-state index is 12.3. The number of nitrogens with zero attached hydrogens (tertiary/aromatic N) is 3. The number of aliphatic imine (C=N–C) groups is 1. The molecular formula is C16H20N4O2. The van der Waals surface area contributed by atoms with Crippen LogP contribution in [0, 0.1) is 5.41 Å². The van der Waals surface area contributed by atoms with E-state index in [1.165, 1.54) is 0 Å². The number of amides is 3. The molecule has 6 heteroatoms. The average molecular weight is 300 g/mol. The molecule has 0 saturated carbocycles. The predicted molar refractivity (Wildman–Crippen MR) is 84.5 cm³/mol. The van der Waals surface area contributed by atoms with E-state index >= 15 is 0 Å². The maximum Gasteiger partial charge on any atom is 0.331 e. The van der Waals surface area contributed by atoms with Crippen molar-refractivity contribution in [2.45, 2.75) is 26.7 Å². The largest absolute Gasteiger partial charge is 0.334 e. The van der Waals surface area contributed by atoms with Crippen LogP contribution in [0.1, 0.15) is 26.7 Å². The Hall–Kier alpha value is -2.37. The fourth-order valence-corrected chi connectivity index (χ4v) is 3.17. The van der Waals surface area contributed by atoms with Gasteiger partial charge in [-0.05, 0) is 25.0 Å². The summed E-state index contributed by atoms with van der Waals surface area (Å²) in [5, 5.41) is 2.48. The minimum Gasteiger partial charge on any atom is -0.334 e. The summed E-state index contributed by atoms with van der Waals surface area (Å²) in [4.78, 5) is 32.8. The normalized spacial score (nSPS) is 20.4. The SMILES string of the molecule is CCC1(CC)C(=O)NC(=O)N2CN(c3ccccc3)CN=C21. The number of hydrogen-bond acceptors (Lipinski definition) is 4. The van der Waals surface area contributed by atoms with E-state index < -0.39 is 5.41 Å². The van der Waals surface area contributed by atoms with Crippen molar-refractivity contribution >= 4 is 23.5 Å². The molecule has 3 rings (SSSR count). The van der Waals surface area contributed by atoms with E-state index in [0.29, 0.717) is 32.0 Å². The molecule has 2 aliphatic heterocycles. The zero-order valence-electron chi connectivity index (χ0n) is 12.9. The van der Waals surface area contributed by atoms with Gasteiger partial charge in [0, 0.05) is 5.69 Å². The first-order valence-corrected chi connectivity index (χ1v) is 7.60. The van der Waals surface area contributed by atoms with Crippen LogP contribution in [0.2, 0.25) is 0 Å². The molecule has 2 heterocycles. The molecule has 0 radical (unpaired) electrons. The number of carbonyl (C=O) groups excluding carboxylic acids is 2. The van der Waals surface area contributed by atoms with Crippen molar-refractivity contribution in [1.29, 1.82) is 0 Å². The van der Waals surface area contributed by atoms with Gasteiger partial charge in [0.05, 0.1) is 0 Å². The second-order valence-corrected chi connectivity index (χ2v) is 5.62. The highest BCUT2D eigenvalue weighted by Gasteiger charge is 2.50. The quantitative estimate of drug-likeness (QED) is 0.930. The van der Waals surface area contributed by atoms with Crippen LogP contribution in [-0.2, 0) is 4.79 Å². The lowest BCUT2D eigenvalue weighted by atomic mass is 9.78. The summed E-state index contributed by atoms with van der Waals surface area (Å²) >= 11 is 0. The van der Waals surface area contributed by atoms with Gasteiger partial charge < -0.3 is 4.90 Å². The van der Waals surface area contributed by atoms with Gasteiger partial charge in [0.1, 0.15) is 24.6 Å². The van der Waals surface area contributed by atoms with E-state index in [4.69, 9.17) is 0 Å². The minimum atomic E-state index is -0.698. The van der Waals surface area contributed by atoms with Crippen LogP contribution in [0.4, 0.5) is 10.5 Å². The van der Waals surface area contributed by atoms with Gasteiger partial charge in [0.25, 0.3) is 0 Å². The van der Waals surface area contributed by atoms with Gasteiger partial charge in [-0.25, -0.2) is 9.79 Å². The third-order valence-electron chi connectivity index (χ3n) is 4.62. The van der Waals surface area contributed by atoms with Crippen LogP contribution >= 0.6 is 0 Å². The molecule has 1 fully saturated rings. The van der Waals surface area contributed by atoms with E-state index in [9.17, 15) is 9.59 Å². The summed E-state index contributed by atoms with van der Waals surface area (Å²) < 4.78 is 0. The highest BCUT2D eigenvalue weighted by Crippen LogP contribution is 2.35. The predicted octanol–water partition coefficient (Wildman–Crippen LogP) is 2.18. The zero-order chi connectivity index (χ0) is 15.7. The fraction of sp³-hybridized carbons (Fsp3) is 0.438. The second kappa shape index (κ2) is 5.44. The Morgan fingerprint density at radius 3 is 2.50 bits per heavy atom. The van der Waals surface area contributed by atoms with Crippen LogP contribution in [0.3, 0.4) is 0 Å². The average Bonchev–Trinajstić information content (AvgIpc) is 2.56. The number of nitrogens with one attached hydrogen (secondary N) is 1. The lowest BCUT2D eigenvalue weighted by molar-refractivity contribution is -0.128. The van der Waals surface area contributed by atoms with Gasteiger partial charge in [0.15, 0.2) is 0 Å². The fourth-order valence-electron chi connectivity index (χ4n) is 3.17. The first kappa shape index (κ1) is 14.6. The van der Waals surface area contributed by atoms with Crippen LogP contribution in [0.25, 0.3) is 0 Å². The van der Waals surface area contributed by atoms with Crippen molar-refractivity contribution in [3.63, 3.8) is 0 Å². The first-order valence-electron chi connectivity index (χ1n) is 7.60. The van der Waals surface area contributed by atoms with E-state index in [2.05, 4.69) is 10.3 Å². The number of para-hydroxylation sites is 1. The van der Waals surface area contributed by atoms with Gasteiger partial charge in [-0.3, -0.25) is 15.0 Å². The number of imide groups is 1. The molecule has 6 nitrogen and oxygen atoms in total. The molecule has 0 aromatic heterocycles. The molecule has 0 aliphatic carbocycles. The lowest BCUT2D eigenvalue weighted by Gasteiger charge is -2.46. The van der Waals surface area contributed by atoms with Gasteiger partial charge >= 0.3 is 6.03 Å². The third kappa shape index (κ3) is 2.06. The summed E-state index contributed by atoms with van der Waals surface area (Å²) in [6, 6.07) is 9.45. The molecular weight excluding hydrogens is 280 g/mol. The number of benzene rings is 1. The molecule has 1 N–H and O–H groups in total. The number of rotatable bonds is 3. The smallest absolute Gasteiger partial charge is 0.331 e. The van der Waals surface area contributed by atoms with Crippen molar-refractivity contribution in [2.75, 3.05) is 18.2 Å². The van der Waals surface area contributed by atoms with Crippen LogP contribution in [-0.4, -0.2) is 36.0 Å². The first-order chi connectivity index (χ1) is 10.6. The monoisotopic (exact) mass is 300 g/mol. The molecule has 0 unspecified atom stereocenters. The maximum atomic E-state index is 12.3. The molecule has 0 spiro atoms. The Balaban J connectivity index is 1.97. The van der Waals surface area contributed by atoms with E-state index in [1.807, 2.05) is 49.1 Å². The zero-order valence-corrected chi connectivity index (χ0v) is 12.9. The molecule has 1 saturated heterocycles. The summed E-state index contributed by atoms with van der Waals surface area (Å²) in [6.07, 6.45) is 1.26. The van der Waals surface area contributed by atoms with Crippen molar-refractivity contribution in [3.8, 4) is 0 Å². The minimum absolute atomic E-state index is 0.231.